The van der Waals surface area contributed by atoms with Gasteiger partial charge in [-0.15, -0.1) is 0 Å². The molecule has 0 aliphatic heterocycles. The number of hydrogen-bond donors (Lipinski definition) is 1. The Morgan fingerprint density at radius 1 is 1.13 bits per heavy atom. The van der Waals surface area contributed by atoms with E-state index in [4.69, 9.17) is 9.47 Å². The van der Waals surface area contributed by atoms with E-state index >= 15 is 0 Å². The summed E-state index contributed by atoms with van der Waals surface area (Å²) in [5, 5.41) is 14.9. The molecule has 6 nitrogen and oxygen atoms in total. The van der Waals surface area contributed by atoms with E-state index in [1.165, 1.54) is 6.07 Å². The first kappa shape index (κ1) is 22.9. The minimum Gasteiger partial charge on any atom is -0.436 e. The fraction of sp³-hybridized carbons (Fsp3) is 0.375. The average molecular weight is 428 g/mol. The van der Waals surface area contributed by atoms with E-state index < -0.39 is 11.9 Å². The monoisotopic (exact) mass is 427 g/mol. The number of methoxy groups -OCH3 is 1. The van der Waals surface area contributed by atoms with E-state index in [0.717, 1.165) is 16.8 Å². The molecule has 3 rings (SSSR count). The Bertz CT molecular complexity index is 962. The summed E-state index contributed by atoms with van der Waals surface area (Å²) >= 11 is 0. The third kappa shape index (κ3) is 5.91. The van der Waals surface area contributed by atoms with E-state index in [1.54, 1.807) is 37.0 Å². The number of benzene rings is 2. The first-order valence-electron chi connectivity index (χ1n) is 10.5. The number of hydrogen-bond acceptors (Lipinski definition) is 5. The van der Waals surface area contributed by atoms with Crippen molar-refractivity contribution in [3.05, 3.63) is 66.0 Å². The maximum Gasteiger partial charge on any atom is 0.222 e. The van der Waals surface area contributed by atoms with Crippen molar-refractivity contribution in [2.75, 3.05) is 26.8 Å². The number of aliphatic hydroxyl groups is 1. The highest BCUT2D eigenvalue weighted by Gasteiger charge is 2.23. The van der Waals surface area contributed by atoms with Gasteiger partial charge >= 0.3 is 0 Å². The molecule has 1 atom stereocenters. The number of para-hydroxylation sites is 1. The van der Waals surface area contributed by atoms with Crippen LogP contribution in [0.25, 0.3) is 11.3 Å². The van der Waals surface area contributed by atoms with E-state index in [1.807, 2.05) is 37.3 Å². The van der Waals surface area contributed by atoms with Crippen LogP contribution >= 0.6 is 0 Å². The Morgan fingerprint density at radius 2 is 1.84 bits per heavy atom. The number of aliphatic hydroxyl groups excluding tert-OH is 1. The second-order valence-electron chi connectivity index (χ2n) is 7.44. The van der Waals surface area contributed by atoms with Gasteiger partial charge in [0, 0.05) is 39.4 Å². The molecule has 0 amide bonds. The number of aryl methyl sites for hydroxylation is 1. The lowest BCUT2D eigenvalue weighted by atomic mass is 10.1. The van der Waals surface area contributed by atoms with Crippen LogP contribution in [0.5, 0.6) is 11.6 Å². The minimum absolute atomic E-state index is 0.142. The molecule has 31 heavy (non-hydrogen) atoms. The summed E-state index contributed by atoms with van der Waals surface area (Å²) in [4.78, 5) is 2.11. The van der Waals surface area contributed by atoms with E-state index in [9.17, 15) is 9.50 Å². The molecule has 0 saturated carbocycles. The second-order valence-corrected chi connectivity index (χ2v) is 7.44. The normalized spacial score (nSPS) is 12.3. The molecule has 0 radical (unpaired) electrons. The Hall–Kier alpha value is -2.74. The molecule has 0 fully saturated rings. The van der Waals surface area contributed by atoms with Gasteiger partial charge in [0.25, 0.3) is 0 Å². The van der Waals surface area contributed by atoms with E-state index in [-0.39, 0.29) is 5.75 Å². The van der Waals surface area contributed by atoms with Gasteiger partial charge in [0.05, 0.1) is 18.3 Å². The maximum atomic E-state index is 14.3. The van der Waals surface area contributed by atoms with Crippen molar-refractivity contribution < 1.29 is 19.0 Å². The molecule has 2 aromatic carbocycles. The lowest BCUT2D eigenvalue weighted by Gasteiger charge is -2.25. The molecular formula is C24H30FN3O3. The average Bonchev–Trinajstić information content (AvgIpc) is 3.09. The van der Waals surface area contributed by atoms with Crippen molar-refractivity contribution in [3.8, 4) is 22.9 Å². The highest BCUT2D eigenvalue weighted by molar-refractivity contribution is 5.65. The second kappa shape index (κ2) is 11.0. The first-order valence-corrected chi connectivity index (χ1v) is 10.5. The van der Waals surface area contributed by atoms with E-state index in [0.29, 0.717) is 38.5 Å². The Morgan fingerprint density at radius 3 is 2.52 bits per heavy atom. The first-order chi connectivity index (χ1) is 15.0. The number of ether oxygens (including phenoxy) is 2. The topological polar surface area (TPSA) is 59.8 Å². The minimum atomic E-state index is -0.454. The smallest absolute Gasteiger partial charge is 0.222 e. The SMILES string of the molecule is CC[C@H](O)CN(CCOC)Cc1c(-c2ccccc2)nn(C)c1Oc1ccccc1F. The largest absolute Gasteiger partial charge is 0.436 e. The van der Waals surface area contributed by atoms with Crippen molar-refractivity contribution in [2.45, 2.75) is 26.0 Å². The summed E-state index contributed by atoms with van der Waals surface area (Å²) in [6, 6.07) is 16.1. The number of rotatable bonds is 11. The Balaban J connectivity index is 2.02. The third-order valence-electron chi connectivity index (χ3n) is 5.11. The van der Waals surface area contributed by atoms with Crippen LogP contribution in [0.3, 0.4) is 0 Å². The van der Waals surface area contributed by atoms with Crippen molar-refractivity contribution in [1.29, 1.82) is 0 Å². The lowest BCUT2D eigenvalue weighted by Crippen LogP contribution is -2.34. The summed E-state index contributed by atoms with van der Waals surface area (Å²) in [5.74, 6) is 0.175. The highest BCUT2D eigenvalue weighted by Crippen LogP contribution is 2.34. The maximum absolute atomic E-state index is 14.3. The molecule has 7 heteroatoms. The molecule has 0 aliphatic carbocycles. The third-order valence-corrected chi connectivity index (χ3v) is 5.11. The molecule has 166 valence electrons. The van der Waals surface area contributed by atoms with Crippen LogP contribution < -0.4 is 4.74 Å². The fourth-order valence-electron chi connectivity index (χ4n) is 3.39. The van der Waals surface area contributed by atoms with Crippen LogP contribution in [0.2, 0.25) is 0 Å². The Kier molecular flexibility index (Phi) is 8.17. The molecule has 0 unspecified atom stereocenters. The van der Waals surface area contributed by atoms with Crippen LogP contribution in [0.4, 0.5) is 4.39 Å². The molecule has 1 aromatic heterocycles. The number of aromatic nitrogens is 2. The lowest BCUT2D eigenvalue weighted by molar-refractivity contribution is 0.0827. The zero-order chi connectivity index (χ0) is 22.2. The van der Waals surface area contributed by atoms with Gasteiger partial charge in [-0.05, 0) is 18.6 Å². The van der Waals surface area contributed by atoms with Crippen LogP contribution in [-0.4, -0.2) is 52.7 Å². The van der Waals surface area contributed by atoms with Gasteiger partial charge in [-0.2, -0.15) is 5.10 Å². The molecule has 1 N–H and O–H groups in total. The summed E-state index contributed by atoms with van der Waals surface area (Å²) in [7, 11) is 3.44. The van der Waals surface area contributed by atoms with Gasteiger partial charge in [0.15, 0.2) is 11.6 Å². The molecule has 0 saturated heterocycles. The van der Waals surface area contributed by atoms with Gasteiger partial charge in [-0.3, -0.25) is 4.90 Å². The zero-order valence-electron chi connectivity index (χ0n) is 18.3. The zero-order valence-corrected chi connectivity index (χ0v) is 18.3. The van der Waals surface area contributed by atoms with Crippen molar-refractivity contribution >= 4 is 0 Å². The fourth-order valence-corrected chi connectivity index (χ4v) is 3.39. The number of halogens is 1. The van der Waals surface area contributed by atoms with Gasteiger partial charge in [0.2, 0.25) is 5.88 Å². The van der Waals surface area contributed by atoms with E-state index in [2.05, 4.69) is 10.00 Å². The molecule has 3 aromatic rings. The van der Waals surface area contributed by atoms with Crippen molar-refractivity contribution in [2.24, 2.45) is 7.05 Å². The molecule has 1 heterocycles. The summed E-state index contributed by atoms with van der Waals surface area (Å²) < 4.78 is 27.2. The van der Waals surface area contributed by atoms with Crippen LogP contribution in [0.1, 0.15) is 18.9 Å². The van der Waals surface area contributed by atoms with Crippen LogP contribution in [0.15, 0.2) is 54.6 Å². The molecule has 0 bridgehead atoms. The standard InChI is InChI=1S/C24H30FN3O3/c1-4-19(29)16-28(14-15-30-3)17-20-23(18-10-6-5-7-11-18)26-27(2)24(20)31-22-13-9-8-12-21(22)25/h5-13,19,29H,4,14-17H2,1-3H3/t19-/m0/s1. The summed E-state index contributed by atoms with van der Waals surface area (Å²) in [6.07, 6.45) is 0.199. The van der Waals surface area contributed by atoms with Crippen molar-refractivity contribution in [3.63, 3.8) is 0 Å². The quantitative estimate of drug-likeness (QED) is 0.496. The van der Waals surface area contributed by atoms with Gasteiger partial charge in [0.1, 0.15) is 5.69 Å². The van der Waals surface area contributed by atoms with Crippen LogP contribution in [0, 0.1) is 5.82 Å². The van der Waals surface area contributed by atoms with Crippen LogP contribution in [-0.2, 0) is 18.3 Å². The number of nitrogens with zero attached hydrogens (tertiary/aromatic N) is 3. The molecule has 0 spiro atoms. The molecule has 0 aliphatic rings. The Labute approximate surface area is 182 Å². The van der Waals surface area contributed by atoms with Gasteiger partial charge in [-0.25, -0.2) is 9.07 Å². The predicted octanol–water partition coefficient (Wildman–Crippen LogP) is 4.24. The predicted molar refractivity (Wildman–Crippen MR) is 119 cm³/mol. The summed E-state index contributed by atoms with van der Waals surface area (Å²) in [5.41, 5.74) is 2.54. The molecular weight excluding hydrogens is 397 g/mol. The van der Waals surface area contributed by atoms with Gasteiger partial charge < -0.3 is 14.6 Å². The van der Waals surface area contributed by atoms with Gasteiger partial charge in [-0.1, -0.05) is 49.4 Å². The van der Waals surface area contributed by atoms with Crippen molar-refractivity contribution in [1.82, 2.24) is 14.7 Å². The highest BCUT2D eigenvalue weighted by atomic mass is 19.1. The summed E-state index contributed by atoms with van der Waals surface area (Å²) in [6.45, 7) is 4.08.